The average Bonchev–Trinajstić information content (AvgIpc) is 3.16. The molecule has 5 heteroatoms. The minimum absolute atomic E-state index is 0.0606. The number of halogens is 1. The van der Waals surface area contributed by atoms with E-state index < -0.39 is 0 Å². The fourth-order valence-electron chi connectivity index (χ4n) is 3.66. The first-order valence-corrected chi connectivity index (χ1v) is 10.1. The number of hydrogen-bond acceptors (Lipinski definition) is 3. The molecule has 150 valence electrons. The van der Waals surface area contributed by atoms with Crippen LogP contribution in [0.15, 0.2) is 48.5 Å². The number of nitrogens with zero attached hydrogens (tertiary/aromatic N) is 1. The van der Waals surface area contributed by atoms with E-state index in [4.69, 9.17) is 0 Å². The van der Waals surface area contributed by atoms with Crippen molar-refractivity contribution in [1.29, 1.82) is 0 Å². The van der Waals surface area contributed by atoms with Gasteiger partial charge in [-0.1, -0.05) is 38.1 Å². The van der Waals surface area contributed by atoms with Gasteiger partial charge >= 0.3 is 0 Å². The zero-order valence-electron chi connectivity index (χ0n) is 16.9. The van der Waals surface area contributed by atoms with E-state index >= 15 is 0 Å². The third kappa shape index (κ3) is 5.18. The standard InChI is InChI=1S/C23H30FN3O/c1-16(2)17-9-11-18(12-10-17)23(28)27(3)13-5-8-21-15-22(26-25-21)19-6-4-7-20(24)14-19/h4,6-7,9-12,14,16,21-22,25-26H,5,8,13,15H2,1-3H3. The molecule has 1 heterocycles. The number of benzene rings is 2. The van der Waals surface area contributed by atoms with Gasteiger partial charge in [-0.05, 0) is 60.6 Å². The monoisotopic (exact) mass is 383 g/mol. The minimum Gasteiger partial charge on any atom is -0.342 e. The van der Waals surface area contributed by atoms with Gasteiger partial charge in [0, 0.05) is 31.2 Å². The highest BCUT2D eigenvalue weighted by Crippen LogP contribution is 2.24. The molecule has 1 aliphatic heterocycles. The predicted octanol–water partition coefficient (Wildman–Crippen LogP) is 4.41. The smallest absolute Gasteiger partial charge is 0.253 e. The molecule has 4 nitrogen and oxygen atoms in total. The number of amides is 1. The van der Waals surface area contributed by atoms with Crippen LogP contribution in [0.4, 0.5) is 4.39 Å². The maximum absolute atomic E-state index is 13.4. The zero-order chi connectivity index (χ0) is 20.1. The van der Waals surface area contributed by atoms with E-state index in [1.54, 1.807) is 17.0 Å². The molecule has 0 bridgehead atoms. The molecular weight excluding hydrogens is 353 g/mol. The quantitative estimate of drug-likeness (QED) is 0.744. The van der Waals surface area contributed by atoms with Crippen molar-refractivity contribution in [2.45, 2.75) is 51.1 Å². The van der Waals surface area contributed by atoms with Crippen molar-refractivity contribution in [2.24, 2.45) is 0 Å². The first-order valence-electron chi connectivity index (χ1n) is 10.1. The molecule has 3 rings (SSSR count). The van der Waals surface area contributed by atoms with Crippen LogP contribution in [0.25, 0.3) is 0 Å². The molecule has 1 amide bonds. The van der Waals surface area contributed by atoms with Gasteiger partial charge in [-0.2, -0.15) is 0 Å². The third-order valence-corrected chi connectivity index (χ3v) is 5.45. The summed E-state index contributed by atoms with van der Waals surface area (Å²) in [6, 6.07) is 15.1. The topological polar surface area (TPSA) is 44.4 Å². The van der Waals surface area contributed by atoms with E-state index in [1.807, 2.05) is 37.4 Å². The maximum Gasteiger partial charge on any atom is 0.253 e. The van der Waals surface area contributed by atoms with Crippen molar-refractivity contribution < 1.29 is 9.18 Å². The lowest BCUT2D eigenvalue weighted by molar-refractivity contribution is 0.0791. The molecule has 1 fully saturated rings. The highest BCUT2D eigenvalue weighted by molar-refractivity contribution is 5.94. The van der Waals surface area contributed by atoms with E-state index in [0.717, 1.165) is 30.4 Å². The van der Waals surface area contributed by atoms with Gasteiger partial charge in [-0.15, -0.1) is 0 Å². The molecular formula is C23H30FN3O. The summed E-state index contributed by atoms with van der Waals surface area (Å²) in [5.41, 5.74) is 9.50. The van der Waals surface area contributed by atoms with Gasteiger partial charge in [0.05, 0.1) is 0 Å². The van der Waals surface area contributed by atoms with Gasteiger partial charge in [0.2, 0.25) is 0 Å². The van der Waals surface area contributed by atoms with Gasteiger partial charge in [0.25, 0.3) is 5.91 Å². The zero-order valence-corrected chi connectivity index (χ0v) is 16.9. The molecule has 2 aromatic carbocycles. The fraction of sp³-hybridized carbons (Fsp3) is 0.435. The summed E-state index contributed by atoms with van der Waals surface area (Å²) < 4.78 is 13.4. The van der Waals surface area contributed by atoms with E-state index in [2.05, 4.69) is 24.7 Å². The van der Waals surface area contributed by atoms with Crippen LogP contribution in [0.3, 0.4) is 0 Å². The Labute approximate surface area is 167 Å². The SMILES string of the molecule is CC(C)c1ccc(C(=O)N(C)CCCC2CC(c3cccc(F)c3)NN2)cc1. The molecule has 2 aromatic rings. The first-order chi connectivity index (χ1) is 13.4. The summed E-state index contributed by atoms with van der Waals surface area (Å²) in [5, 5.41) is 0. The molecule has 0 aliphatic carbocycles. The Kier molecular flexibility index (Phi) is 6.81. The lowest BCUT2D eigenvalue weighted by atomic mass is 9.99. The number of carbonyl (C=O) groups is 1. The highest BCUT2D eigenvalue weighted by atomic mass is 19.1. The van der Waals surface area contributed by atoms with Gasteiger partial charge in [0.15, 0.2) is 0 Å². The summed E-state index contributed by atoms with van der Waals surface area (Å²) in [4.78, 5) is 14.4. The molecule has 2 N–H and O–H groups in total. The van der Waals surface area contributed by atoms with E-state index in [0.29, 0.717) is 18.5 Å². The second-order valence-corrected chi connectivity index (χ2v) is 7.97. The molecule has 0 saturated carbocycles. The molecule has 1 aliphatic rings. The maximum atomic E-state index is 13.4. The predicted molar refractivity (Wildman–Crippen MR) is 111 cm³/mol. The first kappa shape index (κ1) is 20.5. The van der Waals surface area contributed by atoms with Crippen molar-refractivity contribution >= 4 is 5.91 Å². The number of nitrogens with one attached hydrogen (secondary N) is 2. The number of carbonyl (C=O) groups excluding carboxylic acids is 1. The summed E-state index contributed by atoms with van der Waals surface area (Å²) in [5.74, 6) is 0.320. The molecule has 2 unspecified atom stereocenters. The Balaban J connectivity index is 1.44. The van der Waals surface area contributed by atoms with Crippen LogP contribution in [0.5, 0.6) is 0 Å². The van der Waals surface area contributed by atoms with Crippen LogP contribution in [0.1, 0.15) is 66.6 Å². The Morgan fingerprint density at radius 3 is 2.61 bits per heavy atom. The van der Waals surface area contributed by atoms with Crippen molar-refractivity contribution in [3.63, 3.8) is 0 Å². The minimum atomic E-state index is -0.204. The van der Waals surface area contributed by atoms with E-state index in [-0.39, 0.29) is 17.8 Å². The molecule has 28 heavy (non-hydrogen) atoms. The lowest BCUT2D eigenvalue weighted by Gasteiger charge is -2.19. The largest absolute Gasteiger partial charge is 0.342 e. The number of rotatable bonds is 7. The summed E-state index contributed by atoms with van der Waals surface area (Å²) in [6.45, 7) is 5.01. The molecule has 0 radical (unpaired) electrons. The van der Waals surface area contributed by atoms with Crippen molar-refractivity contribution in [1.82, 2.24) is 15.8 Å². The Morgan fingerprint density at radius 1 is 1.18 bits per heavy atom. The van der Waals surface area contributed by atoms with Gasteiger partial charge < -0.3 is 4.90 Å². The van der Waals surface area contributed by atoms with Gasteiger partial charge in [-0.25, -0.2) is 4.39 Å². The molecule has 2 atom stereocenters. The fourth-order valence-corrected chi connectivity index (χ4v) is 3.66. The lowest BCUT2D eigenvalue weighted by Crippen LogP contribution is -2.32. The van der Waals surface area contributed by atoms with Crippen molar-refractivity contribution in [3.8, 4) is 0 Å². The van der Waals surface area contributed by atoms with Crippen molar-refractivity contribution in [2.75, 3.05) is 13.6 Å². The summed E-state index contributed by atoms with van der Waals surface area (Å²) in [7, 11) is 1.86. The third-order valence-electron chi connectivity index (χ3n) is 5.45. The van der Waals surface area contributed by atoms with Gasteiger partial charge in [0.1, 0.15) is 5.82 Å². The van der Waals surface area contributed by atoms with Gasteiger partial charge in [-0.3, -0.25) is 15.6 Å². The highest BCUT2D eigenvalue weighted by Gasteiger charge is 2.25. The van der Waals surface area contributed by atoms with Crippen LogP contribution in [0, 0.1) is 5.82 Å². The van der Waals surface area contributed by atoms with Crippen molar-refractivity contribution in [3.05, 3.63) is 71.0 Å². The summed E-state index contributed by atoms with van der Waals surface area (Å²) >= 11 is 0. The number of hydrazine groups is 1. The average molecular weight is 384 g/mol. The normalized spacial score (nSPS) is 19.2. The van der Waals surface area contributed by atoms with Crippen LogP contribution >= 0.6 is 0 Å². The molecule has 0 aromatic heterocycles. The van der Waals surface area contributed by atoms with Crippen LogP contribution < -0.4 is 10.9 Å². The number of hydrogen-bond donors (Lipinski definition) is 2. The Bertz CT molecular complexity index is 791. The molecule has 0 spiro atoms. The van der Waals surface area contributed by atoms with E-state index in [1.165, 1.54) is 11.6 Å². The van der Waals surface area contributed by atoms with E-state index in [9.17, 15) is 9.18 Å². The van der Waals surface area contributed by atoms with Crippen LogP contribution in [-0.2, 0) is 0 Å². The summed E-state index contributed by atoms with van der Waals surface area (Å²) in [6.07, 6.45) is 2.79. The Hall–Kier alpha value is -2.24. The Morgan fingerprint density at radius 2 is 1.93 bits per heavy atom. The second kappa shape index (κ2) is 9.30. The van der Waals surface area contributed by atoms with Crippen LogP contribution in [0.2, 0.25) is 0 Å². The molecule has 1 saturated heterocycles. The van der Waals surface area contributed by atoms with Crippen LogP contribution in [-0.4, -0.2) is 30.4 Å². The second-order valence-electron chi connectivity index (χ2n) is 7.97.